The van der Waals surface area contributed by atoms with Gasteiger partial charge in [-0.3, -0.25) is 4.79 Å². The average molecular weight is 377 g/mol. The number of hydrogen-bond acceptors (Lipinski definition) is 2. The van der Waals surface area contributed by atoms with E-state index in [1.807, 2.05) is 12.1 Å². The second kappa shape index (κ2) is 8.11. The van der Waals surface area contributed by atoms with Crippen molar-refractivity contribution >= 4 is 5.97 Å². The summed E-state index contributed by atoms with van der Waals surface area (Å²) in [5.74, 6) is 2.09. The summed E-state index contributed by atoms with van der Waals surface area (Å²) in [5.41, 5.74) is 2.49. The molecule has 2 nitrogen and oxygen atoms in total. The molecule has 0 heterocycles. The van der Waals surface area contributed by atoms with Crippen LogP contribution in [0, 0.1) is 23.7 Å². The molecule has 148 valence electrons. The number of hydrogen-bond donors (Lipinski definition) is 0. The summed E-state index contributed by atoms with van der Waals surface area (Å²) < 4.78 is 6.22. The monoisotopic (exact) mass is 376 g/mol. The maximum atomic E-state index is 13.3. The van der Waals surface area contributed by atoms with E-state index >= 15 is 0 Å². The lowest BCUT2D eigenvalue weighted by Gasteiger charge is -2.36. The zero-order valence-corrected chi connectivity index (χ0v) is 17.3. The topological polar surface area (TPSA) is 26.3 Å². The molecule has 0 amide bonds. The molecule has 0 radical (unpaired) electrons. The van der Waals surface area contributed by atoms with Crippen molar-refractivity contribution in [3.63, 3.8) is 0 Å². The molecule has 0 spiro atoms. The minimum absolute atomic E-state index is 0.00690. The summed E-state index contributed by atoms with van der Waals surface area (Å²) in [4.78, 5) is 13.3. The van der Waals surface area contributed by atoms with E-state index in [4.69, 9.17) is 4.74 Å². The van der Waals surface area contributed by atoms with Crippen LogP contribution in [-0.2, 0) is 9.53 Å². The van der Waals surface area contributed by atoms with Crippen molar-refractivity contribution in [3.8, 4) is 0 Å². The highest BCUT2D eigenvalue weighted by Crippen LogP contribution is 2.61. The van der Waals surface area contributed by atoms with Gasteiger partial charge in [0.05, 0.1) is 5.92 Å². The van der Waals surface area contributed by atoms with Crippen LogP contribution in [0.25, 0.3) is 0 Å². The van der Waals surface area contributed by atoms with Crippen LogP contribution in [0.5, 0.6) is 0 Å². The largest absolute Gasteiger partial charge is 0.462 e. The van der Waals surface area contributed by atoms with Gasteiger partial charge in [-0.15, -0.1) is 0 Å². The van der Waals surface area contributed by atoms with Crippen LogP contribution in [0.1, 0.15) is 63.0 Å². The van der Waals surface area contributed by atoms with Crippen molar-refractivity contribution in [1.82, 2.24) is 0 Å². The average Bonchev–Trinajstić information content (AvgIpc) is 3.45. The number of rotatable bonds is 5. The summed E-state index contributed by atoms with van der Waals surface area (Å²) in [6.07, 6.45) is 3.50. The molecule has 2 aliphatic carbocycles. The van der Waals surface area contributed by atoms with Crippen molar-refractivity contribution in [1.29, 1.82) is 0 Å². The molecule has 2 aromatic rings. The van der Waals surface area contributed by atoms with Gasteiger partial charge in [-0.05, 0) is 41.7 Å². The van der Waals surface area contributed by atoms with Crippen molar-refractivity contribution in [2.75, 3.05) is 0 Å². The van der Waals surface area contributed by atoms with E-state index < -0.39 is 0 Å². The van der Waals surface area contributed by atoms with Gasteiger partial charge in [0.15, 0.2) is 0 Å². The predicted octanol–water partition coefficient (Wildman–Crippen LogP) is 6.19. The van der Waals surface area contributed by atoms with Gasteiger partial charge in [0.2, 0.25) is 0 Å². The van der Waals surface area contributed by atoms with E-state index in [1.165, 1.54) is 24.0 Å². The van der Waals surface area contributed by atoms with Crippen LogP contribution in [-0.4, -0.2) is 12.1 Å². The predicted molar refractivity (Wildman–Crippen MR) is 113 cm³/mol. The quantitative estimate of drug-likeness (QED) is 0.582. The van der Waals surface area contributed by atoms with Crippen LogP contribution in [0.2, 0.25) is 0 Å². The Morgan fingerprint density at radius 3 is 1.93 bits per heavy atom. The van der Waals surface area contributed by atoms with E-state index in [1.54, 1.807) is 0 Å². The molecule has 0 aliphatic heterocycles. The maximum Gasteiger partial charge on any atom is 0.310 e. The Bertz CT molecular complexity index is 737. The Morgan fingerprint density at radius 1 is 0.893 bits per heavy atom. The molecule has 2 saturated carbocycles. The highest BCUT2D eigenvalue weighted by molar-refractivity contribution is 5.80. The van der Waals surface area contributed by atoms with Crippen LogP contribution < -0.4 is 0 Å². The fourth-order valence-corrected chi connectivity index (χ4v) is 5.26. The van der Waals surface area contributed by atoms with E-state index in [0.29, 0.717) is 17.8 Å². The van der Waals surface area contributed by atoms with E-state index in [2.05, 4.69) is 69.3 Å². The minimum Gasteiger partial charge on any atom is -0.462 e. The second-order valence-electron chi connectivity index (χ2n) is 9.20. The van der Waals surface area contributed by atoms with Gasteiger partial charge in [0, 0.05) is 11.8 Å². The fraction of sp³-hybridized carbons (Fsp3) is 0.500. The van der Waals surface area contributed by atoms with Crippen molar-refractivity contribution in [2.24, 2.45) is 23.7 Å². The lowest BCUT2D eigenvalue weighted by molar-refractivity contribution is -0.157. The zero-order chi connectivity index (χ0) is 19.7. The number of ether oxygens (including phenoxy) is 1. The maximum absolute atomic E-state index is 13.3. The Balaban J connectivity index is 1.54. The SMILES string of the molecule is CC(C)[C@@H]1CC[C@@H](C)C[C@H]1OC(=O)C1[C@H](c2ccccc2)[C@H]1c1ccccc1. The van der Waals surface area contributed by atoms with Gasteiger partial charge in [0.1, 0.15) is 6.10 Å². The summed E-state index contributed by atoms with van der Waals surface area (Å²) in [5, 5.41) is 0. The first kappa shape index (κ1) is 19.2. The molecule has 2 fully saturated rings. The van der Waals surface area contributed by atoms with Gasteiger partial charge in [-0.1, -0.05) is 87.9 Å². The fourth-order valence-electron chi connectivity index (χ4n) is 5.26. The molecule has 0 unspecified atom stereocenters. The lowest BCUT2D eigenvalue weighted by atomic mass is 9.75. The third-order valence-corrected chi connectivity index (χ3v) is 6.89. The van der Waals surface area contributed by atoms with Gasteiger partial charge in [-0.2, -0.15) is 0 Å². The Morgan fingerprint density at radius 2 is 1.43 bits per heavy atom. The first-order chi connectivity index (χ1) is 13.6. The van der Waals surface area contributed by atoms with E-state index in [0.717, 1.165) is 6.42 Å². The number of benzene rings is 2. The molecule has 0 N–H and O–H groups in total. The second-order valence-corrected chi connectivity index (χ2v) is 9.20. The smallest absolute Gasteiger partial charge is 0.310 e. The molecule has 2 aromatic carbocycles. The normalized spacial score (nSPS) is 32.1. The number of esters is 1. The minimum atomic E-state index is -0.0603. The van der Waals surface area contributed by atoms with Crippen molar-refractivity contribution in [3.05, 3.63) is 71.8 Å². The molecular formula is C26H32O2. The number of carbonyl (C=O) groups excluding carboxylic acids is 1. The van der Waals surface area contributed by atoms with Gasteiger partial charge in [0.25, 0.3) is 0 Å². The van der Waals surface area contributed by atoms with Crippen LogP contribution in [0.4, 0.5) is 0 Å². The van der Waals surface area contributed by atoms with Crippen LogP contribution >= 0.6 is 0 Å². The summed E-state index contributed by atoms with van der Waals surface area (Å²) in [6, 6.07) is 20.9. The van der Waals surface area contributed by atoms with E-state index in [9.17, 15) is 4.79 Å². The number of carbonyl (C=O) groups is 1. The standard InChI is InChI=1S/C26H32O2/c1-17(2)21-15-14-18(3)16-22(21)28-26(27)25-23(19-10-6-4-7-11-19)24(25)20-12-8-5-9-13-20/h4-13,17-18,21-25H,14-16H2,1-3H3/t18-,21+,22-,23-,24-/m1/s1. The molecule has 28 heavy (non-hydrogen) atoms. The van der Waals surface area contributed by atoms with Crippen LogP contribution in [0.3, 0.4) is 0 Å². The van der Waals surface area contributed by atoms with Crippen molar-refractivity contribution in [2.45, 2.75) is 58.0 Å². The third kappa shape index (κ3) is 3.87. The summed E-state index contributed by atoms with van der Waals surface area (Å²) >= 11 is 0. The highest BCUT2D eigenvalue weighted by atomic mass is 16.5. The highest BCUT2D eigenvalue weighted by Gasteiger charge is 2.57. The zero-order valence-electron chi connectivity index (χ0n) is 17.3. The van der Waals surface area contributed by atoms with Gasteiger partial charge < -0.3 is 4.74 Å². The lowest BCUT2D eigenvalue weighted by Crippen LogP contribution is -2.36. The molecule has 2 heteroatoms. The van der Waals surface area contributed by atoms with Crippen molar-refractivity contribution < 1.29 is 9.53 Å². The molecule has 5 atom stereocenters. The summed E-state index contributed by atoms with van der Waals surface area (Å²) in [7, 11) is 0. The van der Waals surface area contributed by atoms with E-state index in [-0.39, 0.29) is 29.8 Å². The van der Waals surface area contributed by atoms with Gasteiger partial charge in [-0.25, -0.2) is 0 Å². The third-order valence-electron chi connectivity index (χ3n) is 6.89. The molecule has 2 aliphatic rings. The molecule has 4 rings (SSSR count). The first-order valence-electron chi connectivity index (χ1n) is 10.9. The molecular weight excluding hydrogens is 344 g/mol. The summed E-state index contributed by atoms with van der Waals surface area (Å²) in [6.45, 7) is 6.81. The Hall–Kier alpha value is -2.09. The Kier molecular flexibility index (Phi) is 5.57. The molecule has 0 bridgehead atoms. The molecule has 0 saturated heterocycles. The van der Waals surface area contributed by atoms with Gasteiger partial charge >= 0.3 is 5.97 Å². The Labute approximate surface area is 169 Å². The first-order valence-corrected chi connectivity index (χ1v) is 10.9. The molecule has 0 aromatic heterocycles. The van der Waals surface area contributed by atoms with Crippen LogP contribution in [0.15, 0.2) is 60.7 Å².